The first kappa shape index (κ1) is 8.62. The average molecular weight is 189 g/mol. The highest BCUT2D eigenvalue weighted by Crippen LogP contribution is 2.26. The smallest absolute Gasteiger partial charge is 0.126 e. The van der Waals surface area contributed by atoms with Crippen LogP contribution in [-0.2, 0) is 0 Å². The highest BCUT2D eigenvalue weighted by molar-refractivity contribution is 5.73. The van der Waals surface area contributed by atoms with Crippen LogP contribution >= 0.6 is 0 Å². The minimum absolute atomic E-state index is 0.568. The van der Waals surface area contributed by atoms with Crippen molar-refractivity contribution in [2.75, 3.05) is 12.8 Å². The summed E-state index contributed by atoms with van der Waals surface area (Å²) in [5, 5.41) is 6.55. The number of rotatable bonds is 2. The quantitative estimate of drug-likeness (QED) is 0.755. The molecule has 0 atom stereocenters. The number of aromatic nitrogens is 2. The number of hydrogen-bond donors (Lipinski definition) is 2. The molecule has 1 aromatic carbocycles. The number of ether oxygens (including phenoxy) is 1. The largest absolute Gasteiger partial charge is 0.497 e. The third-order valence-electron chi connectivity index (χ3n) is 2.05. The normalized spacial score (nSPS) is 10.1. The molecule has 0 aliphatic carbocycles. The lowest BCUT2D eigenvalue weighted by Gasteiger charge is -2.02. The monoisotopic (exact) mass is 189 g/mol. The second-order valence-electron chi connectivity index (χ2n) is 2.93. The first-order valence-corrected chi connectivity index (χ1v) is 4.24. The average Bonchev–Trinajstić information content (AvgIpc) is 2.65. The van der Waals surface area contributed by atoms with Gasteiger partial charge in [0.15, 0.2) is 0 Å². The van der Waals surface area contributed by atoms with Crippen LogP contribution in [0.2, 0.25) is 0 Å². The first-order valence-electron chi connectivity index (χ1n) is 4.24. The van der Waals surface area contributed by atoms with E-state index < -0.39 is 0 Å². The highest BCUT2D eigenvalue weighted by atomic mass is 16.5. The van der Waals surface area contributed by atoms with Crippen molar-refractivity contribution in [2.24, 2.45) is 0 Å². The van der Waals surface area contributed by atoms with Gasteiger partial charge in [0.05, 0.1) is 13.3 Å². The van der Waals surface area contributed by atoms with Crippen molar-refractivity contribution in [3.63, 3.8) is 0 Å². The third-order valence-corrected chi connectivity index (χ3v) is 2.05. The number of H-pyrrole nitrogens is 1. The zero-order valence-corrected chi connectivity index (χ0v) is 7.82. The number of nitrogens with one attached hydrogen (secondary N) is 1. The molecule has 14 heavy (non-hydrogen) atoms. The number of nitrogens with zero attached hydrogens (tertiary/aromatic N) is 1. The van der Waals surface area contributed by atoms with Gasteiger partial charge in [0.1, 0.15) is 11.6 Å². The molecule has 72 valence electrons. The molecule has 0 spiro atoms. The third kappa shape index (κ3) is 1.42. The molecule has 1 heterocycles. The van der Waals surface area contributed by atoms with Crippen LogP contribution in [0.4, 0.5) is 5.82 Å². The Balaban J connectivity index is 2.47. The van der Waals surface area contributed by atoms with E-state index in [1.54, 1.807) is 13.3 Å². The lowest BCUT2D eigenvalue weighted by atomic mass is 10.1. The van der Waals surface area contributed by atoms with E-state index in [9.17, 15) is 0 Å². The van der Waals surface area contributed by atoms with Gasteiger partial charge in [-0.1, -0.05) is 12.1 Å². The van der Waals surface area contributed by atoms with E-state index in [1.807, 2.05) is 24.3 Å². The molecule has 0 aliphatic rings. The van der Waals surface area contributed by atoms with Gasteiger partial charge >= 0.3 is 0 Å². The summed E-state index contributed by atoms with van der Waals surface area (Å²) in [6.45, 7) is 0. The van der Waals surface area contributed by atoms with Crippen LogP contribution in [-0.4, -0.2) is 17.3 Å². The molecule has 2 rings (SSSR count). The fraction of sp³-hybridized carbons (Fsp3) is 0.100. The summed E-state index contributed by atoms with van der Waals surface area (Å²) >= 11 is 0. The Morgan fingerprint density at radius 3 is 2.93 bits per heavy atom. The minimum Gasteiger partial charge on any atom is -0.497 e. The van der Waals surface area contributed by atoms with Gasteiger partial charge in [0, 0.05) is 5.56 Å². The van der Waals surface area contributed by atoms with E-state index in [1.165, 1.54) is 0 Å². The fourth-order valence-electron chi connectivity index (χ4n) is 1.32. The van der Waals surface area contributed by atoms with Gasteiger partial charge in [-0.25, -0.2) is 0 Å². The second-order valence-corrected chi connectivity index (χ2v) is 2.93. The summed E-state index contributed by atoms with van der Waals surface area (Å²) in [6, 6.07) is 7.69. The maximum Gasteiger partial charge on any atom is 0.126 e. The van der Waals surface area contributed by atoms with Crippen molar-refractivity contribution in [1.29, 1.82) is 0 Å². The number of nitrogens with two attached hydrogens (primary N) is 1. The molecule has 4 nitrogen and oxygen atoms in total. The predicted molar refractivity (Wildman–Crippen MR) is 55.0 cm³/mol. The summed E-state index contributed by atoms with van der Waals surface area (Å²) in [6.07, 6.45) is 1.70. The van der Waals surface area contributed by atoms with Crippen LogP contribution in [0.3, 0.4) is 0 Å². The summed E-state index contributed by atoms with van der Waals surface area (Å²) in [5.41, 5.74) is 7.59. The van der Waals surface area contributed by atoms with Gasteiger partial charge in [-0.05, 0) is 17.7 Å². The summed E-state index contributed by atoms with van der Waals surface area (Å²) in [5.74, 6) is 1.38. The number of nitrogen functional groups attached to an aromatic ring is 1. The lowest BCUT2D eigenvalue weighted by Crippen LogP contribution is -1.88. The summed E-state index contributed by atoms with van der Waals surface area (Å²) in [4.78, 5) is 0. The van der Waals surface area contributed by atoms with Gasteiger partial charge < -0.3 is 10.5 Å². The van der Waals surface area contributed by atoms with Crippen LogP contribution in [0.25, 0.3) is 11.1 Å². The molecule has 0 amide bonds. The molecule has 0 unspecified atom stereocenters. The number of methoxy groups -OCH3 is 1. The zero-order valence-electron chi connectivity index (χ0n) is 7.82. The summed E-state index contributed by atoms with van der Waals surface area (Å²) < 4.78 is 5.12. The Morgan fingerprint density at radius 2 is 2.29 bits per heavy atom. The molecule has 0 saturated heterocycles. The van der Waals surface area contributed by atoms with Gasteiger partial charge in [0.2, 0.25) is 0 Å². The van der Waals surface area contributed by atoms with E-state index >= 15 is 0 Å². The topological polar surface area (TPSA) is 63.9 Å². The van der Waals surface area contributed by atoms with Crippen molar-refractivity contribution in [1.82, 2.24) is 10.2 Å². The molecule has 0 aliphatic heterocycles. The standard InChI is InChI=1S/C10H11N3O/c1-14-8-4-2-3-7(5-8)9-6-12-13-10(9)11/h2-6H,1H3,(H3,11,12,13). The van der Waals surface area contributed by atoms with Crippen LogP contribution in [0.15, 0.2) is 30.5 Å². The lowest BCUT2D eigenvalue weighted by molar-refractivity contribution is 0.415. The van der Waals surface area contributed by atoms with Gasteiger partial charge in [0.25, 0.3) is 0 Å². The van der Waals surface area contributed by atoms with Gasteiger partial charge in [-0.2, -0.15) is 5.10 Å². The van der Waals surface area contributed by atoms with Gasteiger partial charge in [-0.3, -0.25) is 5.10 Å². The fourth-order valence-corrected chi connectivity index (χ4v) is 1.32. The van der Waals surface area contributed by atoms with Crippen molar-refractivity contribution in [2.45, 2.75) is 0 Å². The number of anilines is 1. The number of hydrogen-bond acceptors (Lipinski definition) is 3. The van der Waals surface area contributed by atoms with Crippen molar-refractivity contribution < 1.29 is 4.74 Å². The SMILES string of the molecule is COc1cccc(-c2cn[nH]c2N)c1. The Morgan fingerprint density at radius 1 is 1.43 bits per heavy atom. The van der Waals surface area contributed by atoms with Crippen molar-refractivity contribution >= 4 is 5.82 Å². The molecule has 4 heteroatoms. The maximum absolute atomic E-state index is 5.71. The highest BCUT2D eigenvalue weighted by Gasteiger charge is 2.04. The van der Waals surface area contributed by atoms with Crippen LogP contribution in [0.1, 0.15) is 0 Å². The van der Waals surface area contributed by atoms with Crippen LogP contribution in [0, 0.1) is 0 Å². The van der Waals surface area contributed by atoms with E-state index in [2.05, 4.69) is 10.2 Å². The second kappa shape index (κ2) is 3.41. The van der Waals surface area contributed by atoms with Gasteiger partial charge in [-0.15, -0.1) is 0 Å². The maximum atomic E-state index is 5.71. The molecule has 0 saturated carbocycles. The van der Waals surface area contributed by atoms with Crippen LogP contribution in [0.5, 0.6) is 5.75 Å². The molecule has 3 N–H and O–H groups in total. The Labute approximate surface area is 81.7 Å². The number of benzene rings is 1. The molecule has 0 bridgehead atoms. The zero-order chi connectivity index (χ0) is 9.97. The molecule has 1 aromatic heterocycles. The van der Waals surface area contributed by atoms with E-state index in [-0.39, 0.29) is 0 Å². The summed E-state index contributed by atoms with van der Waals surface area (Å²) in [7, 11) is 1.64. The first-order chi connectivity index (χ1) is 6.81. The van der Waals surface area contributed by atoms with E-state index in [0.29, 0.717) is 5.82 Å². The van der Waals surface area contributed by atoms with Crippen molar-refractivity contribution in [3.8, 4) is 16.9 Å². The Bertz CT molecular complexity index is 436. The minimum atomic E-state index is 0.568. The molecule has 2 aromatic rings. The van der Waals surface area contributed by atoms with Crippen LogP contribution < -0.4 is 10.5 Å². The Hall–Kier alpha value is -1.97. The molecular weight excluding hydrogens is 178 g/mol. The van der Waals surface area contributed by atoms with Crippen molar-refractivity contribution in [3.05, 3.63) is 30.5 Å². The predicted octanol–water partition coefficient (Wildman–Crippen LogP) is 1.67. The van der Waals surface area contributed by atoms with E-state index in [4.69, 9.17) is 10.5 Å². The molecular formula is C10H11N3O. The Kier molecular flexibility index (Phi) is 2.10. The number of aromatic amines is 1. The van der Waals surface area contributed by atoms with E-state index in [0.717, 1.165) is 16.9 Å². The molecule has 0 fully saturated rings. The molecule has 0 radical (unpaired) electrons.